The predicted molar refractivity (Wildman–Crippen MR) is 149 cm³/mol. The van der Waals surface area contributed by atoms with Gasteiger partial charge in [-0.3, -0.25) is 0 Å². The molecule has 7 nitrogen and oxygen atoms in total. The van der Waals surface area contributed by atoms with Gasteiger partial charge in [-0.2, -0.15) is 0 Å². The minimum atomic E-state index is -0.688. The molecule has 1 N–H and O–H groups in total. The van der Waals surface area contributed by atoms with Gasteiger partial charge in [-0.15, -0.1) is 0 Å². The molecule has 4 saturated carbocycles. The average Bonchev–Trinajstić information content (AvgIpc) is 3.20. The lowest BCUT2D eigenvalue weighted by atomic mass is 9.43. The first-order chi connectivity index (χ1) is 18.5. The zero-order chi connectivity index (χ0) is 27.6. The highest BCUT2D eigenvalue weighted by Crippen LogP contribution is 2.70. The summed E-state index contributed by atoms with van der Waals surface area (Å²) in [7, 11) is 4.24. The van der Waals surface area contributed by atoms with Crippen LogP contribution in [0.25, 0.3) is 0 Å². The molecule has 0 radical (unpaired) electrons. The van der Waals surface area contributed by atoms with Crippen LogP contribution < -0.4 is 5.63 Å². The van der Waals surface area contributed by atoms with E-state index in [1.165, 1.54) is 6.07 Å². The standard InChI is InChI=1S/C32H48N2O5/c1-30-14-9-24(39-29(36)34-17-12-23(13-18-34)33(3)4)19-22(30)6-7-27-26(30)10-15-31(2)25(11-16-32(27,31)37)21-5-8-28(35)38-20-21/h5,8,20,22-27,37H,6-7,9-19H2,1-4H3/t22-,24+,25-,26+,27-,30+,31-,32+/m1/s1. The van der Waals surface area contributed by atoms with Crippen LogP contribution in [0.3, 0.4) is 0 Å². The number of rotatable bonds is 3. The van der Waals surface area contributed by atoms with Gasteiger partial charge < -0.3 is 24.1 Å². The van der Waals surface area contributed by atoms with Crippen LogP contribution in [0.5, 0.6) is 0 Å². The third-order valence-electron chi connectivity index (χ3n) is 12.7. The van der Waals surface area contributed by atoms with E-state index in [0.29, 0.717) is 23.8 Å². The molecular formula is C32H48N2O5. The van der Waals surface area contributed by atoms with E-state index < -0.39 is 5.60 Å². The fraction of sp³-hybridized carbons (Fsp3) is 0.812. The number of hydrogen-bond donors (Lipinski definition) is 1. The molecule has 8 atom stereocenters. The molecule has 1 amide bonds. The molecule has 7 heteroatoms. The number of fused-ring (bicyclic) bond motifs is 5. The third kappa shape index (κ3) is 4.37. The summed E-state index contributed by atoms with van der Waals surface area (Å²) in [6.07, 6.45) is 12.5. The van der Waals surface area contributed by atoms with E-state index in [9.17, 15) is 14.7 Å². The highest BCUT2D eigenvalue weighted by atomic mass is 16.6. The molecule has 1 aromatic heterocycles. The lowest BCUT2D eigenvalue weighted by Crippen LogP contribution is -2.62. The van der Waals surface area contributed by atoms with Crippen molar-refractivity contribution >= 4 is 6.09 Å². The quantitative estimate of drug-likeness (QED) is 0.552. The Bertz CT molecular complexity index is 1110. The molecule has 216 valence electrons. The molecule has 0 aromatic carbocycles. The second kappa shape index (κ2) is 9.90. The molecule has 1 saturated heterocycles. The topological polar surface area (TPSA) is 83.2 Å². The summed E-state index contributed by atoms with van der Waals surface area (Å²) in [6.45, 7) is 6.33. The molecule has 39 heavy (non-hydrogen) atoms. The molecule has 0 spiro atoms. The average molecular weight is 541 g/mol. The Morgan fingerprint density at radius 2 is 1.77 bits per heavy atom. The summed E-state index contributed by atoms with van der Waals surface area (Å²) in [6, 6.07) is 3.98. The molecule has 0 unspecified atom stereocenters. The Hall–Kier alpha value is -1.86. The molecule has 1 aliphatic heterocycles. The third-order valence-corrected chi connectivity index (χ3v) is 12.7. The van der Waals surface area contributed by atoms with Crippen molar-refractivity contribution in [1.82, 2.24) is 9.80 Å². The van der Waals surface area contributed by atoms with Crippen LogP contribution in [0.4, 0.5) is 4.79 Å². The smallest absolute Gasteiger partial charge is 0.410 e. The van der Waals surface area contributed by atoms with Crippen molar-refractivity contribution in [3.05, 3.63) is 34.4 Å². The first kappa shape index (κ1) is 27.3. The number of hydrogen-bond acceptors (Lipinski definition) is 6. The second-order valence-corrected chi connectivity index (χ2v) is 14.3. The molecule has 2 heterocycles. The Kier molecular flexibility index (Phi) is 6.93. The van der Waals surface area contributed by atoms with E-state index in [1.807, 2.05) is 11.0 Å². The minimum absolute atomic E-state index is 0.0132. The summed E-state index contributed by atoms with van der Waals surface area (Å²) in [5, 5.41) is 12.5. The zero-order valence-corrected chi connectivity index (χ0v) is 24.4. The number of amides is 1. The number of aliphatic hydroxyl groups is 1. The van der Waals surface area contributed by atoms with Gasteiger partial charge in [-0.05, 0) is 125 Å². The zero-order valence-electron chi connectivity index (χ0n) is 24.4. The van der Waals surface area contributed by atoms with Crippen LogP contribution in [-0.2, 0) is 4.74 Å². The predicted octanol–water partition coefficient (Wildman–Crippen LogP) is 5.41. The molecule has 5 aliphatic rings. The van der Waals surface area contributed by atoms with E-state index in [4.69, 9.17) is 9.15 Å². The van der Waals surface area contributed by atoms with E-state index in [2.05, 4.69) is 32.8 Å². The maximum absolute atomic E-state index is 13.0. The minimum Gasteiger partial charge on any atom is -0.446 e. The Balaban J connectivity index is 1.12. The van der Waals surface area contributed by atoms with Crippen molar-refractivity contribution in [2.24, 2.45) is 28.6 Å². The monoisotopic (exact) mass is 540 g/mol. The molecule has 0 bridgehead atoms. The van der Waals surface area contributed by atoms with Crippen molar-refractivity contribution in [3.8, 4) is 0 Å². The van der Waals surface area contributed by atoms with Gasteiger partial charge in [0.05, 0.1) is 11.9 Å². The Morgan fingerprint density at radius 1 is 1.00 bits per heavy atom. The summed E-state index contributed by atoms with van der Waals surface area (Å²) in [5.41, 5.74) is 0.0309. The highest BCUT2D eigenvalue weighted by molar-refractivity contribution is 5.68. The van der Waals surface area contributed by atoms with Crippen molar-refractivity contribution in [3.63, 3.8) is 0 Å². The summed E-state index contributed by atoms with van der Waals surface area (Å²) in [4.78, 5) is 28.8. The van der Waals surface area contributed by atoms with E-state index >= 15 is 0 Å². The van der Waals surface area contributed by atoms with Crippen molar-refractivity contribution in [1.29, 1.82) is 0 Å². The molecule has 4 aliphatic carbocycles. The largest absolute Gasteiger partial charge is 0.446 e. The van der Waals surface area contributed by atoms with Crippen molar-refractivity contribution < 1.29 is 19.1 Å². The van der Waals surface area contributed by atoms with Gasteiger partial charge in [0.25, 0.3) is 0 Å². The SMILES string of the molecule is CN(C)C1CCN(C(=O)O[C@H]2CC[C@@]3(C)[C@H](CC[C@@H]4[C@@H]3CC[C@]3(C)[C@@H](c5ccc(=O)oc5)CC[C@]43O)C2)CC1. The lowest BCUT2D eigenvalue weighted by molar-refractivity contribution is -0.205. The molecule has 1 aromatic rings. The highest BCUT2D eigenvalue weighted by Gasteiger charge is 2.67. The van der Waals surface area contributed by atoms with Gasteiger partial charge in [-0.25, -0.2) is 9.59 Å². The van der Waals surface area contributed by atoms with Gasteiger partial charge >= 0.3 is 11.7 Å². The molecular weight excluding hydrogens is 492 g/mol. The number of carbonyl (C=O) groups excluding carboxylic acids is 1. The van der Waals surface area contributed by atoms with Gasteiger partial charge in [0.15, 0.2) is 0 Å². The van der Waals surface area contributed by atoms with Gasteiger partial charge in [0.2, 0.25) is 0 Å². The number of piperidine rings is 1. The van der Waals surface area contributed by atoms with Gasteiger partial charge in [0.1, 0.15) is 6.10 Å². The normalized spacial score (nSPS) is 42.5. The van der Waals surface area contributed by atoms with E-state index in [1.54, 1.807) is 6.26 Å². The van der Waals surface area contributed by atoms with Crippen LogP contribution in [0.1, 0.15) is 96.0 Å². The number of likely N-dealkylation sites (tertiary alicyclic amines) is 1. The molecule has 5 fully saturated rings. The first-order valence-electron chi connectivity index (χ1n) is 15.5. The van der Waals surface area contributed by atoms with E-state index in [0.717, 1.165) is 89.3 Å². The van der Waals surface area contributed by atoms with Crippen LogP contribution in [-0.4, -0.2) is 65.9 Å². The fourth-order valence-corrected chi connectivity index (χ4v) is 10.2. The summed E-state index contributed by atoms with van der Waals surface area (Å²) >= 11 is 0. The van der Waals surface area contributed by atoms with Crippen LogP contribution in [0, 0.1) is 28.6 Å². The fourth-order valence-electron chi connectivity index (χ4n) is 10.2. The van der Waals surface area contributed by atoms with Crippen LogP contribution in [0.2, 0.25) is 0 Å². The number of ether oxygens (including phenoxy) is 1. The lowest BCUT2D eigenvalue weighted by Gasteiger charge is -2.63. The van der Waals surface area contributed by atoms with Gasteiger partial charge in [-0.1, -0.05) is 13.8 Å². The van der Waals surface area contributed by atoms with Crippen LogP contribution in [0.15, 0.2) is 27.6 Å². The van der Waals surface area contributed by atoms with Crippen LogP contribution >= 0.6 is 0 Å². The second-order valence-electron chi connectivity index (χ2n) is 14.3. The van der Waals surface area contributed by atoms with Crippen molar-refractivity contribution in [2.75, 3.05) is 27.2 Å². The van der Waals surface area contributed by atoms with E-state index in [-0.39, 0.29) is 34.6 Å². The number of nitrogens with zero attached hydrogens (tertiary/aromatic N) is 2. The molecule has 6 rings (SSSR count). The van der Waals surface area contributed by atoms with Crippen molar-refractivity contribution in [2.45, 2.75) is 108 Å². The Morgan fingerprint density at radius 3 is 2.46 bits per heavy atom. The maximum atomic E-state index is 13.0. The first-order valence-corrected chi connectivity index (χ1v) is 15.5. The number of carbonyl (C=O) groups is 1. The Labute approximate surface area is 233 Å². The summed E-state index contributed by atoms with van der Waals surface area (Å²) in [5.74, 6) is 1.56. The maximum Gasteiger partial charge on any atom is 0.410 e. The summed E-state index contributed by atoms with van der Waals surface area (Å²) < 4.78 is 11.4. The van der Waals surface area contributed by atoms with Gasteiger partial charge in [0, 0.05) is 30.6 Å².